The molecule has 0 aliphatic rings. The molecule has 0 saturated heterocycles. The fourth-order valence-corrected chi connectivity index (χ4v) is 7.69. The van der Waals surface area contributed by atoms with Gasteiger partial charge in [-0.05, 0) is 139 Å². The topological polar surface area (TPSA) is 57.2 Å². The van der Waals surface area contributed by atoms with Crippen molar-refractivity contribution in [2.45, 2.75) is 115 Å². The fraction of sp³-hybridized carbons (Fsp3) is 0.537. The molecule has 0 bridgehead atoms. The van der Waals surface area contributed by atoms with Crippen molar-refractivity contribution < 1.29 is 36.6 Å². The predicted octanol–water partition coefficient (Wildman–Crippen LogP) is 11.5. The highest BCUT2D eigenvalue weighted by Gasteiger charge is 2.64. The van der Waals surface area contributed by atoms with Crippen LogP contribution >= 0.6 is 23.2 Å². The van der Waals surface area contributed by atoms with E-state index < -0.39 is 32.0 Å². The highest BCUT2D eigenvalue weighted by molar-refractivity contribution is 6.69. The number of hydrogen-bond acceptors (Lipinski definition) is 6. The first-order chi connectivity index (χ1) is 24.7. The molecule has 294 valence electrons. The van der Waals surface area contributed by atoms with E-state index in [0.29, 0.717) is 35.1 Å². The van der Waals surface area contributed by atoms with Gasteiger partial charge in [0.05, 0.1) is 0 Å². The summed E-state index contributed by atoms with van der Waals surface area (Å²) in [4.78, 5) is 14.4. The van der Waals surface area contributed by atoms with Crippen molar-refractivity contribution in [3.8, 4) is 5.75 Å². The van der Waals surface area contributed by atoms with Gasteiger partial charge in [0.1, 0.15) is 11.4 Å². The molecule has 0 fully saturated rings. The number of methoxy groups -OCH3 is 1. The number of alkyl halides is 3. The van der Waals surface area contributed by atoms with E-state index in [-0.39, 0.29) is 24.7 Å². The lowest BCUT2D eigenvalue weighted by atomic mass is 9.91. The Bertz CT molecular complexity index is 1500. The van der Waals surface area contributed by atoms with Crippen molar-refractivity contribution in [2.75, 3.05) is 27.2 Å². The molecule has 3 rings (SSSR count). The molecule has 2 unspecified atom stereocenters. The maximum Gasteiger partial charge on any atom is 0.446 e. The molecular weight excluding hydrogens is 742 g/mol. The SMILES string of the molecule is COC(O[Si](C)(C)C)(C(CCCCCC(=O)OC(C)(C)C)Oc1ccc(CCCN(C)CC(c2ccc(Cl)cc2)c2ccc(Cl)cc2)cc1)C(F)(F)F. The molecule has 6 nitrogen and oxygen atoms in total. The van der Waals surface area contributed by atoms with Gasteiger partial charge in [-0.2, -0.15) is 13.2 Å². The quantitative estimate of drug-likeness (QED) is 0.0491. The van der Waals surface area contributed by atoms with Gasteiger partial charge in [0, 0.05) is 36.0 Å². The van der Waals surface area contributed by atoms with Crippen LogP contribution in [0.2, 0.25) is 29.7 Å². The number of likely N-dealkylation sites (N-methyl/N-ethyl adjacent to an activating group) is 1. The second-order valence-corrected chi connectivity index (χ2v) is 20.8. The molecule has 3 aromatic carbocycles. The van der Waals surface area contributed by atoms with Crippen molar-refractivity contribution in [1.82, 2.24) is 4.90 Å². The van der Waals surface area contributed by atoms with E-state index in [2.05, 4.69) is 36.2 Å². The molecule has 0 spiro atoms. The van der Waals surface area contributed by atoms with Gasteiger partial charge in [-0.25, -0.2) is 0 Å². The highest BCUT2D eigenvalue weighted by atomic mass is 35.5. The van der Waals surface area contributed by atoms with Crippen LogP contribution in [0.5, 0.6) is 5.75 Å². The van der Waals surface area contributed by atoms with Gasteiger partial charge in [-0.3, -0.25) is 4.79 Å². The number of hydrogen-bond donors (Lipinski definition) is 0. The van der Waals surface area contributed by atoms with E-state index >= 15 is 0 Å². The molecule has 0 radical (unpaired) electrons. The highest BCUT2D eigenvalue weighted by Crippen LogP contribution is 2.42. The first-order valence-corrected chi connectivity index (χ1v) is 22.4. The summed E-state index contributed by atoms with van der Waals surface area (Å²) in [6.07, 6.45) is -3.13. The van der Waals surface area contributed by atoms with E-state index in [1.807, 2.05) is 36.4 Å². The monoisotopic (exact) mass is 797 g/mol. The van der Waals surface area contributed by atoms with Gasteiger partial charge >= 0.3 is 12.1 Å². The number of ether oxygens (including phenoxy) is 3. The van der Waals surface area contributed by atoms with Crippen LogP contribution in [0, 0.1) is 0 Å². The normalized spacial score (nSPS) is 14.3. The smallest absolute Gasteiger partial charge is 0.446 e. The molecule has 0 aromatic heterocycles. The summed E-state index contributed by atoms with van der Waals surface area (Å²) in [5.74, 6) is -2.87. The summed E-state index contributed by atoms with van der Waals surface area (Å²) in [7, 11) is 0.326. The minimum Gasteiger partial charge on any atom is -0.484 e. The Morgan fingerprint density at radius 3 is 1.83 bits per heavy atom. The Kier molecular flexibility index (Phi) is 16.8. The van der Waals surface area contributed by atoms with Crippen LogP contribution in [0.1, 0.15) is 81.9 Å². The summed E-state index contributed by atoms with van der Waals surface area (Å²) in [5, 5.41) is 1.38. The molecule has 0 saturated carbocycles. The number of nitrogens with zero attached hydrogens (tertiary/aromatic N) is 1. The Balaban J connectivity index is 1.67. The van der Waals surface area contributed by atoms with Gasteiger partial charge in [-0.15, -0.1) is 0 Å². The van der Waals surface area contributed by atoms with Gasteiger partial charge < -0.3 is 23.5 Å². The third-order valence-electron chi connectivity index (χ3n) is 8.59. The van der Waals surface area contributed by atoms with E-state index in [1.165, 1.54) is 0 Å². The average molecular weight is 799 g/mol. The molecule has 0 amide bonds. The van der Waals surface area contributed by atoms with Crippen LogP contribution in [-0.4, -0.2) is 70.1 Å². The van der Waals surface area contributed by atoms with Gasteiger partial charge in [-0.1, -0.05) is 66.0 Å². The van der Waals surface area contributed by atoms with Crippen molar-refractivity contribution >= 4 is 37.5 Å². The van der Waals surface area contributed by atoms with Gasteiger partial charge in [0.2, 0.25) is 0 Å². The maximum atomic E-state index is 14.9. The number of halogens is 5. The number of unbranched alkanes of at least 4 members (excludes halogenated alkanes) is 2. The molecule has 2 atom stereocenters. The summed E-state index contributed by atoms with van der Waals surface area (Å²) in [6, 6.07) is 23.0. The van der Waals surface area contributed by atoms with Crippen molar-refractivity contribution in [1.29, 1.82) is 0 Å². The molecule has 0 heterocycles. The second-order valence-electron chi connectivity index (χ2n) is 15.5. The molecule has 0 aliphatic heterocycles. The fourth-order valence-electron chi connectivity index (χ4n) is 6.19. The van der Waals surface area contributed by atoms with Gasteiger partial charge in [0.15, 0.2) is 14.4 Å². The summed E-state index contributed by atoms with van der Waals surface area (Å²) >= 11 is 12.3. The van der Waals surface area contributed by atoms with Gasteiger partial charge in [0.25, 0.3) is 5.79 Å². The van der Waals surface area contributed by atoms with Crippen LogP contribution in [-0.2, 0) is 25.1 Å². The lowest BCUT2D eigenvalue weighted by Gasteiger charge is -2.43. The lowest BCUT2D eigenvalue weighted by Crippen LogP contribution is -2.63. The van der Waals surface area contributed by atoms with Crippen molar-refractivity contribution in [3.63, 3.8) is 0 Å². The number of esters is 1. The van der Waals surface area contributed by atoms with E-state index in [1.54, 1.807) is 52.5 Å². The zero-order valence-electron chi connectivity index (χ0n) is 32.3. The third kappa shape index (κ3) is 14.9. The van der Waals surface area contributed by atoms with Crippen LogP contribution in [0.25, 0.3) is 0 Å². The minimum absolute atomic E-state index is 0.00721. The molecule has 3 aromatic rings. The number of aryl methyl sites for hydroxylation is 1. The Morgan fingerprint density at radius 2 is 1.36 bits per heavy atom. The Labute approximate surface area is 325 Å². The standard InChI is InChI=1S/C41H56Cl2F3NO5Si/c1-39(2,3)51-38(48)15-11-9-10-14-37(40(49-5,41(44,45)46)52-53(6,7)8)50-35-26-16-30(17-27-35)13-12-28-47(4)29-36(31-18-22-33(42)23-19-31)32-20-24-34(43)25-21-32/h16-27,36-37H,9-15,28-29H2,1-8H3. The maximum absolute atomic E-state index is 14.9. The molecule has 53 heavy (non-hydrogen) atoms. The molecule has 0 aliphatic carbocycles. The summed E-state index contributed by atoms with van der Waals surface area (Å²) < 4.78 is 67.2. The summed E-state index contributed by atoms with van der Waals surface area (Å²) in [6.45, 7) is 12.1. The first kappa shape index (κ1) is 44.8. The molecular formula is C41H56Cl2F3NO5Si. The summed E-state index contributed by atoms with van der Waals surface area (Å²) in [5.41, 5.74) is 2.78. The third-order valence-corrected chi connectivity index (χ3v) is 10.0. The minimum atomic E-state index is -4.87. The first-order valence-electron chi connectivity index (χ1n) is 18.2. The molecule has 12 heteroatoms. The van der Waals surface area contributed by atoms with Crippen LogP contribution in [0.3, 0.4) is 0 Å². The van der Waals surface area contributed by atoms with Crippen LogP contribution in [0.15, 0.2) is 72.8 Å². The Morgan fingerprint density at radius 1 is 0.811 bits per heavy atom. The Hall–Kier alpha value is -2.60. The predicted molar refractivity (Wildman–Crippen MR) is 211 cm³/mol. The van der Waals surface area contributed by atoms with E-state index in [0.717, 1.165) is 49.7 Å². The van der Waals surface area contributed by atoms with E-state index in [4.69, 9.17) is 41.8 Å². The lowest BCUT2D eigenvalue weighted by molar-refractivity contribution is -0.374. The van der Waals surface area contributed by atoms with Crippen LogP contribution < -0.4 is 4.74 Å². The number of carbonyl (C=O) groups is 1. The number of rotatable bonds is 20. The zero-order valence-corrected chi connectivity index (χ0v) is 34.8. The van der Waals surface area contributed by atoms with E-state index in [9.17, 15) is 18.0 Å². The van der Waals surface area contributed by atoms with Crippen LogP contribution in [0.4, 0.5) is 13.2 Å². The number of benzene rings is 3. The largest absolute Gasteiger partial charge is 0.484 e. The zero-order chi connectivity index (χ0) is 39.5. The average Bonchev–Trinajstić information content (AvgIpc) is 3.05. The van der Waals surface area contributed by atoms with Crippen molar-refractivity contribution in [2.24, 2.45) is 0 Å². The molecule has 0 N–H and O–H groups in total. The number of carbonyl (C=O) groups excluding carboxylic acids is 1. The van der Waals surface area contributed by atoms with Crippen molar-refractivity contribution in [3.05, 3.63) is 99.5 Å². The second kappa shape index (κ2) is 19.8.